The first-order valence-corrected chi connectivity index (χ1v) is 10.7. The third kappa shape index (κ3) is 2.69. The lowest BCUT2D eigenvalue weighted by Crippen LogP contribution is -2.30. The molecule has 0 saturated carbocycles. The van der Waals surface area contributed by atoms with E-state index in [0.717, 1.165) is 22.7 Å². The van der Waals surface area contributed by atoms with Gasteiger partial charge >= 0.3 is 0 Å². The molecule has 2 aromatic carbocycles. The van der Waals surface area contributed by atoms with Gasteiger partial charge in [-0.2, -0.15) is 0 Å². The van der Waals surface area contributed by atoms with E-state index in [4.69, 9.17) is 11.6 Å². The van der Waals surface area contributed by atoms with E-state index in [0.29, 0.717) is 10.4 Å². The van der Waals surface area contributed by atoms with Crippen molar-refractivity contribution >= 4 is 46.5 Å². The fourth-order valence-electron chi connectivity index (χ4n) is 4.81. The zero-order valence-corrected chi connectivity index (χ0v) is 18.7. The van der Waals surface area contributed by atoms with Crippen molar-refractivity contribution in [3.05, 3.63) is 81.5 Å². The summed E-state index contributed by atoms with van der Waals surface area (Å²) in [5.74, 6) is 0.310. The number of hydrogen-bond donors (Lipinski definition) is 1. The minimum Gasteiger partial charge on any atom is -0.388 e. The molecule has 2 heterocycles. The van der Waals surface area contributed by atoms with Gasteiger partial charge in [-0.15, -0.1) is 0 Å². The number of aromatic nitrogens is 1. The number of quaternary nitrogens is 1. The molecule has 0 radical (unpaired) electrons. The number of nitrogens with zero attached hydrogens (tertiary/aromatic N) is 2. The van der Waals surface area contributed by atoms with Crippen LogP contribution in [0.3, 0.4) is 0 Å². The van der Waals surface area contributed by atoms with Crippen LogP contribution in [-0.2, 0) is 7.05 Å². The molecule has 1 aromatic heterocycles. The van der Waals surface area contributed by atoms with E-state index in [2.05, 4.69) is 92.2 Å². The Morgan fingerprint density at radius 2 is 1.97 bits per heavy atom. The minimum absolute atomic E-state index is 0.310. The molecule has 1 N–H and O–H groups in total. The largest absolute Gasteiger partial charge is 0.388 e. The van der Waals surface area contributed by atoms with E-state index in [1.54, 1.807) is 0 Å². The van der Waals surface area contributed by atoms with E-state index >= 15 is 0 Å². The van der Waals surface area contributed by atoms with Crippen molar-refractivity contribution < 1.29 is 0 Å². The summed E-state index contributed by atoms with van der Waals surface area (Å²) in [4.78, 5) is 0. The maximum atomic E-state index is 6.80. The van der Waals surface area contributed by atoms with E-state index in [9.17, 15) is 0 Å². The molecule has 5 rings (SSSR count). The second-order valence-electron chi connectivity index (χ2n) is 8.58. The number of rotatable bonds is 4. The Balaban J connectivity index is 1.54. The van der Waals surface area contributed by atoms with E-state index in [1.807, 2.05) is 7.05 Å². The van der Waals surface area contributed by atoms with Crippen molar-refractivity contribution in [2.45, 2.75) is 19.3 Å². The Morgan fingerprint density at radius 3 is 2.73 bits per heavy atom. The lowest BCUT2D eigenvalue weighted by Gasteiger charge is -2.16. The molecule has 0 fully saturated rings. The highest BCUT2D eigenvalue weighted by Crippen LogP contribution is 2.62. The number of nitrogens with one attached hydrogen (secondary N) is 1. The summed E-state index contributed by atoms with van der Waals surface area (Å²) in [6, 6.07) is 13.3. The molecular formula is C26H27ClN3+. The van der Waals surface area contributed by atoms with Gasteiger partial charge in [0, 0.05) is 67.1 Å². The highest BCUT2D eigenvalue weighted by atomic mass is 35.5. The predicted molar refractivity (Wildman–Crippen MR) is 129 cm³/mol. The third-order valence-corrected chi connectivity index (χ3v) is 7.20. The number of halogens is 1. The molecule has 0 spiro atoms. The van der Waals surface area contributed by atoms with Gasteiger partial charge in [-0.1, -0.05) is 36.4 Å². The Kier molecular flexibility index (Phi) is 4.25. The summed E-state index contributed by atoms with van der Waals surface area (Å²) >= 11 is 6.80. The number of benzene rings is 2. The van der Waals surface area contributed by atoms with Crippen LogP contribution in [0.25, 0.3) is 17.8 Å². The molecule has 0 amide bonds. The molecule has 3 nitrogen and oxygen atoms in total. The van der Waals surface area contributed by atoms with Crippen LogP contribution in [0.4, 0.5) is 17.1 Å². The Hall–Kier alpha value is -2.75. The molecule has 1 aliphatic carbocycles. The van der Waals surface area contributed by atoms with Crippen molar-refractivity contribution in [1.29, 1.82) is 0 Å². The molecule has 1 aliphatic heterocycles. The van der Waals surface area contributed by atoms with Gasteiger partial charge in [-0.05, 0) is 35.8 Å². The smallest absolute Gasteiger partial charge is 0.206 e. The van der Waals surface area contributed by atoms with Gasteiger partial charge in [0.05, 0.1) is 12.1 Å². The molecule has 2 unspecified atom stereocenters. The summed E-state index contributed by atoms with van der Waals surface area (Å²) in [6.45, 7) is 6.28. The van der Waals surface area contributed by atoms with E-state index in [-0.39, 0.29) is 0 Å². The molecule has 2 atom stereocenters. The number of fused-ring (bicyclic) bond motifs is 2. The van der Waals surface area contributed by atoms with E-state index < -0.39 is 0 Å². The second kappa shape index (κ2) is 6.63. The number of aryl methyl sites for hydroxylation is 2. The van der Waals surface area contributed by atoms with Crippen molar-refractivity contribution in [3.63, 3.8) is 0 Å². The number of hydrogen-bond acceptors (Lipinski definition) is 1. The fourth-order valence-corrected chi connectivity index (χ4v) is 5.11. The zero-order valence-electron chi connectivity index (χ0n) is 18.0. The van der Waals surface area contributed by atoms with Crippen LogP contribution in [0.2, 0.25) is 5.02 Å². The topological polar surface area (TPSA) is 17.0 Å². The van der Waals surface area contributed by atoms with Crippen molar-refractivity contribution in [2.24, 2.45) is 7.05 Å². The Bertz CT molecular complexity index is 1330. The van der Waals surface area contributed by atoms with E-state index in [1.165, 1.54) is 38.8 Å². The normalized spacial score (nSPS) is 21.2. The fraction of sp³-hybridized carbons (Fsp3) is 0.231. The summed E-state index contributed by atoms with van der Waals surface area (Å²) in [5.41, 5.74) is 8.37. The second-order valence-corrected chi connectivity index (χ2v) is 8.98. The Morgan fingerprint density at radius 1 is 1.20 bits per heavy atom. The molecule has 2 aliphatic rings. The monoisotopic (exact) mass is 416 g/mol. The van der Waals surface area contributed by atoms with Gasteiger partial charge in [-0.25, -0.2) is 4.48 Å². The van der Waals surface area contributed by atoms with Crippen LogP contribution in [0, 0.1) is 6.92 Å². The van der Waals surface area contributed by atoms with Crippen LogP contribution in [-0.4, -0.2) is 18.7 Å². The van der Waals surface area contributed by atoms with Gasteiger partial charge in [0.2, 0.25) is 11.4 Å². The first-order chi connectivity index (χ1) is 14.3. The summed E-state index contributed by atoms with van der Waals surface area (Å²) in [5, 5.41) is 6.63. The van der Waals surface area contributed by atoms with Gasteiger partial charge in [0.15, 0.2) is 0 Å². The quantitative estimate of drug-likeness (QED) is 0.475. The molecule has 4 heteroatoms. The van der Waals surface area contributed by atoms with Crippen LogP contribution in [0.1, 0.15) is 29.0 Å². The first-order valence-electron chi connectivity index (χ1n) is 10.4. The average Bonchev–Trinajstić information content (AvgIpc) is 3.14. The van der Waals surface area contributed by atoms with Crippen LogP contribution < -0.4 is 20.4 Å². The van der Waals surface area contributed by atoms with Crippen molar-refractivity contribution in [2.75, 3.05) is 14.1 Å². The zero-order chi connectivity index (χ0) is 21.2. The lowest BCUT2D eigenvalue weighted by atomic mass is 9.92. The summed E-state index contributed by atoms with van der Waals surface area (Å²) in [6.07, 6.45) is 7.78. The standard InChI is InChI=1S/C26H27ClN3/c1-16-6-8-20(13-21(16)17(2)28-3)30(5)25-14-22(23(27)15-26(25)30)18-7-9-24-19(12-18)10-11-29(24)4/h6,8-15,18,28H,2,7H2,1,3-5H3/q+1. The Labute approximate surface area is 182 Å². The SMILES string of the molecule is C=C(NC)c1cc([N+]2(C)c3cc(Cl)c(C4C=c5ccn(C)c5=CC4)cc32)ccc1C. The molecule has 152 valence electrons. The van der Waals surface area contributed by atoms with Gasteiger partial charge in [-0.3, -0.25) is 0 Å². The highest BCUT2D eigenvalue weighted by molar-refractivity contribution is 6.32. The average molecular weight is 417 g/mol. The van der Waals surface area contributed by atoms with Crippen LogP contribution in [0.15, 0.2) is 49.2 Å². The van der Waals surface area contributed by atoms with Crippen molar-refractivity contribution in [1.82, 2.24) is 14.4 Å². The summed E-state index contributed by atoms with van der Waals surface area (Å²) in [7, 11) is 6.26. The minimum atomic E-state index is 0.310. The van der Waals surface area contributed by atoms with Gasteiger partial charge in [0.25, 0.3) is 0 Å². The first kappa shape index (κ1) is 19.2. The maximum Gasteiger partial charge on any atom is 0.206 e. The highest BCUT2D eigenvalue weighted by Gasteiger charge is 2.52. The van der Waals surface area contributed by atoms with Crippen molar-refractivity contribution in [3.8, 4) is 0 Å². The van der Waals surface area contributed by atoms with Crippen LogP contribution >= 0.6 is 11.6 Å². The molecule has 30 heavy (non-hydrogen) atoms. The van der Waals surface area contributed by atoms with Gasteiger partial charge < -0.3 is 9.88 Å². The van der Waals surface area contributed by atoms with Crippen LogP contribution in [0.5, 0.6) is 0 Å². The molecule has 0 saturated heterocycles. The molecular weight excluding hydrogens is 390 g/mol. The summed E-state index contributed by atoms with van der Waals surface area (Å²) < 4.78 is 2.88. The predicted octanol–water partition coefficient (Wildman–Crippen LogP) is 4.84. The molecule has 0 bridgehead atoms. The van der Waals surface area contributed by atoms with Gasteiger partial charge in [0.1, 0.15) is 5.69 Å². The lowest BCUT2D eigenvalue weighted by molar-refractivity contribution is 0.749. The maximum absolute atomic E-state index is 6.80. The third-order valence-electron chi connectivity index (χ3n) is 6.87. The molecule has 3 aromatic rings.